The molecule has 3 rings (SSSR count). The summed E-state index contributed by atoms with van der Waals surface area (Å²) in [6, 6.07) is 22.1. The van der Waals surface area contributed by atoms with Crippen molar-refractivity contribution >= 4 is 16.6 Å². The van der Waals surface area contributed by atoms with E-state index < -0.39 is 0 Å². The monoisotopic (exact) mass is 316 g/mol. The summed E-state index contributed by atoms with van der Waals surface area (Å²) >= 11 is 0. The molecule has 0 bridgehead atoms. The van der Waals surface area contributed by atoms with Gasteiger partial charge in [0, 0.05) is 11.1 Å². The molecule has 122 valence electrons. The lowest BCUT2D eigenvalue weighted by Crippen LogP contribution is -2.07. The van der Waals surface area contributed by atoms with Gasteiger partial charge in [-0.2, -0.15) is 0 Å². The number of ketones is 1. The second-order valence-corrected chi connectivity index (χ2v) is 6.33. The van der Waals surface area contributed by atoms with Crippen molar-refractivity contribution in [2.45, 2.75) is 39.0 Å². The fourth-order valence-electron chi connectivity index (χ4n) is 3.27. The molecule has 1 nitrogen and oxygen atoms in total. The molecule has 0 aliphatic carbocycles. The lowest BCUT2D eigenvalue weighted by molar-refractivity contribution is 0.103. The number of rotatable bonds is 7. The van der Waals surface area contributed by atoms with Gasteiger partial charge in [0.2, 0.25) is 0 Å². The summed E-state index contributed by atoms with van der Waals surface area (Å²) in [6.07, 6.45) is 5.82. The van der Waals surface area contributed by atoms with E-state index in [1.807, 2.05) is 42.5 Å². The first-order chi connectivity index (χ1) is 11.8. The van der Waals surface area contributed by atoms with E-state index in [1.165, 1.54) is 24.8 Å². The first-order valence-electron chi connectivity index (χ1n) is 8.91. The van der Waals surface area contributed by atoms with Crippen LogP contribution >= 0.6 is 0 Å². The topological polar surface area (TPSA) is 17.1 Å². The number of unbranched alkanes of at least 4 members (excludes halogenated alkanes) is 3. The van der Waals surface area contributed by atoms with E-state index in [2.05, 4.69) is 31.2 Å². The van der Waals surface area contributed by atoms with Gasteiger partial charge in [-0.3, -0.25) is 4.79 Å². The fourth-order valence-corrected chi connectivity index (χ4v) is 3.27. The normalized spacial score (nSPS) is 10.9. The number of hydrogen-bond acceptors (Lipinski definition) is 1. The molecule has 3 aromatic carbocycles. The maximum absolute atomic E-state index is 13.2. The van der Waals surface area contributed by atoms with Crippen molar-refractivity contribution in [3.63, 3.8) is 0 Å². The molecule has 0 saturated carbocycles. The van der Waals surface area contributed by atoms with Crippen LogP contribution in [0.2, 0.25) is 0 Å². The zero-order valence-electron chi connectivity index (χ0n) is 14.3. The first-order valence-corrected chi connectivity index (χ1v) is 8.91. The summed E-state index contributed by atoms with van der Waals surface area (Å²) in [5.41, 5.74) is 2.83. The maximum atomic E-state index is 13.2. The van der Waals surface area contributed by atoms with Gasteiger partial charge in [0.25, 0.3) is 0 Å². The number of benzene rings is 3. The zero-order valence-corrected chi connectivity index (χ0v) is 14.3. The first kappa shape index (κ1) is 16.4. The van der Waals surface area contributed by atoms with Crippen molar-refractivity contribution in [1.29, 1.82) is 0 Å². The van der Waals surface area contributed by atoms with Crippen LogP contribution in [0, 0.1) is 0 Å². The second-order valence-electron chi connectivity index (χ2n) is 6.33. The Kier molecular flexibility index (Phi) is 5.43. The van der Waals surface area contributed by atoms with Gasteiger partial charge in [-0.05, 0) is 29.2 Å². The molecule has 0 aliphatic rings. The largest absolute Gasteiger partial charge is 0.289 e. The number of hydrogen-bond donors (Lipinski definition) is 0. The highest BCUT2D eigenvalue weighted by atomic mass is 16.1. The van der Waals surface area contributed by atoms with Crippen LogP contribution in [0.25, 0.3) is 10.8 Å². The third kappa shape index (κ3) is 3.56. The van der Waals surface area contributed by atoms with Gasteiger partial charge in [0.05, 0.1) is 0 Å². The van der Waals surface area contributed by atoms with E-state index in [1.54, 1.807) is 0 Å². The van der Waals surface area contributed by atoms with Gasteiger partial charge in [0.1, 0.15) is 0 Å². The van der Waals surface area contributed by atoms with Gasteiger partial charge in [0.15, 0.2) is 5.78 Å². The quantitative estimate of drug-likeness (QED) is 0.375. The summed E-state index contributed by atoms with van der Waals surface area (Å²) in [4.78, 5) is 13.2. The summed E-state index contributed by atoms with van der Waals surface area (Å²) in [5.74, 6) is 0.137. The van der Waals surface area contributed by atoms with Crippen LogP contribution < -0.4 is 0 Å². The minimum Gasteiger partial charge on any atom is -0.289 e. The van der Waals surface area contributed by atoms with Crippen LogP contribution in [0.3, 0.4) is 0 Å². The number of carbonyl (C=O) groups excluding carboxylic acids is 1. The Balaban J connectivity index is 2.03. The van der Waals surface area contributed by atoms with Gasteiger partial charge in [-0.15, -0.1) is 0 Å². The Labute approximate surface area is 144 Å². The molecule has 0 N–H and O–H groups in total. The average Bonchev–Trinajstić information content (AvgIpc) is 2.65. The highest BCUT2D eigenvalue weighted by molar-refractivity contribution is 6.17. The van der Waals surface area contributed by atoms with Crippen molar-refractivity contribution in [2.24, 2.45) is 0 Å². The SMILES string of the molecule is CCCCCCc1ccc2ccccc2c1C(=O)c1ccccc1. The highest BCUT2D eigenvalue weighted by Crippen LogP contribution is 2.26. The number of fused-ring (bicyclic) bond motifs is 1. The highest BCUT2D eigenvalue weighted by Gasteiger charge is 2.16. The Bertz CT molecular complexity index is 818. The van der Waals surface area contributed by atoms with Crippen LogP contribution in [0.4, 0.5) is 0 Å². The van der Waals surface area contributed by atoms with E-state index in [-0.39, 0.29) is 5.78 Å². The molecule has 0 unspecified atom stereocenters. The Morgan fingerprint density at radius 1 is 0.792 bits per heavy atom. The second kappa shape index (κ2) is 7.92. The van der Waals surface area contributed by atoms with E-state index in [0.717, 1.165) is 34.7 Å². The van der Waals surface area contributed by atoms with Crippen LogP contribution in [0.1, 0.15) is 54.1 Å². The molecule has 0 heterocycles. The maximum Gasteiger partial charge on any atom is 0.193 e. The van der Waals surface area contributed by atoms with Crippen LogP contribution in [-0.4, -0.2) is 5.78 Å². The van der Waals surface area contributed by atoms with E-state index in [0.29, 0.717) is 0 Å². The molecule has 0 spiro atoms. The number of aryl methyl sites for hydroxylation is 1. The van der Waals surface area contributed by atoms with E-state index in [4.69, 9.17) is 0 Å². The van der Waals surface area contributed by atoms with Crippen LogP contribution in [0.15, 0.2) is 66.7 Å². The van der Waals surface area contributed by atoms with Gasteiger partial charge in [-0.25, -0.2) is 0 Å². The predicted molar refractivity (Wildman–Crippen MR) is 102 cm³/mol. The molecule has 0 saturated heterocycles. The van der Waals surface area contributed by atoms with E-state index in [9.17, 15) is 4.79 Å². The van der Waals surface area contributed by atoms with Crippen LogP contribution in [0.5, 0.6) is 0 Å². The van der Waals surface area contributed by atoms with Crippen LogP contribution in [-0.2, 0) is 6.42 Å². The molecule has 0 amide bonds. The third-order valence-electron chi connectivity index (χ3n) is 4.58. The lowest BCUT2D eigenvalue weighted by Gasteiger charge is -2.13. The summed E-state index contributed by atoms with van der Waals surface area (Å²) < 4.78 is 0. The summed E-state index contributed by atoms with van der Waals surface area (Å²) in [7, 11) is 0. The molecule has 24 heavy (non-hydrogen) atoms. The Morgan fingerprint density at radius 2 is 1.54 bits per heavy atom. The average molecular weight is 316 g/mol. The Morgan fingerprint density at radius 3 is 2.33 bits per heavy atom. The van der Waals surface area contributed by atoms with Crippen molar-refractivity contribution < 1.29 is 4.79 Å². The van der Waals surface area contributed by atoms with Gasteiger partial charge in [-0.1, -0.05) is 92.9 Å². The molecule has 0 atom stereocenters. The molecule has 0 aromatic heterocycles. The molecule has 0 fully saturated rings. The molecular weight excluding hydrogens is 292 g/mol. The van der Waals surface area contributed by atoms with Crippen molar-refractivity contribution in [1.82, 2.24) is 0 Å². The fraction of sp³-hybridized carbons (Fsp3) is 0.261. The molecule has 3 aromatic rings. The molecular formula is C23H24O. The summed E-state index contributed by atoms with van der Waals surface area (Å²) in [5, 5.41) is 2.20. The van der Waals surface area contributed by atoms with E-state index >= 15 is 0 Å². The van der Waals surface area contributed by atoms with Crippen molar-refractivity contribution in [2.75, 3.05) is 0 Å². The van der Waals surface area contributed by atoms with Crippen molar-refractivity contribution in [3.05, 3.63) is 83.4 Å². The number of carbonyl (C=O) groups is 1. The standard InChI is InChI=1S/C23H24O/c1-2-3-4-6-12-19-17-16-18-11-9-10-15-21(18)22(19)23(24)20-13-7-5-8-14-20/h5,7-11,13-17H,2-4,6,12H2,1H3. The predicted octanol–water partition coefficient (Wildman–Crippen LogP) is 6.19. The van der Waals surface area contributed by atoms with Gasteiger partial charge >= 0.3 is 0 Å². The lowest BCUT2D eigenvalue weighted by atomic mass is 9.90. The molecule has 1 heteroatoms. The Hall–Kier alpha value is -2.41. The molecule has 0 aliphatic heterocycles. The van der Waals surface area contributed by atoms with Gasteiger partial charge < -0.3 is 0 Å². The third-order valence-corrected chi connectivity index (χ3v) is 4.58. The smallest absolute Gasteiger partial charge is 0.193 e. The minimum absolute atomic E-state index is 0.137. The van der Waals surface area contributed by atoms with Crippen molar-refractivity contribution in [3.8, 4) is 0 Å². The minimum atomic E-state index is 0.137. The molecule has 0 radical (unpaired) electrons. The summed E-state index contributed by atoms with van der Waals surface area (Å²) in [6.45, 7) is 2.22. The zero-order chi connectivity index (χ0) is 16.8.